The van der Waals surface area contributed by atoms with Crippen LogP contribution in [0.3, 0.4) is 0 Å². The average molecular weight is 266 g/mol. The first-order valence-corrected chi connectivity index (χ1v) is 8.41. The molecule has 1 aliphatic carbocycles. The van der Waals surface area contributed by atoms with Gasteiger partial charge in [-0.2, -0.15) is 0 Å². The molecule has 2 nitrogen and oxygen atoms in total. The molecule has 1 aliphatic heterocycles. The van der Waals surface area contributed by atoms with Gasteiger partial charge in [-0.15, -0.1) is 0 Å². The fourth-order valence-corrected chi connectivity index (χ4v) is 4.69. The topological polar surface area (TPSA) is 6.48 Å². The first-order chi connectivity index (χ1) is 9.04. The van der Waals surface area contributed by atoms with Gasteiger partial charge in [-0.3, -0.25) is 0 Å². The lowest BCUT2D eigenvalue weighted by Crippen LogP contribution is -2.52. The number of nitrogens with zero attached hydrogens (tertiary/aromatic N) is 2. The summed E-state index contributed by atoms with van der Waals surface area (Å²) in [6.45, 7) is 10.3. The normalized spacial score (nSPS) is 32.1. The van der Waals surface area contributed by atoms with Gasteiger partial charge in [0.1, 0.15) is 0 Å². The molecular formula is C17H34N2. The molecule has 112 valence electrons. The molecule has 0 bridgehead atoms. The third-order valence-corrected chi connectivity index (χ3v) is 5.89. The predicted octanol–water partition coefficient (Wildman–Crippen LogP) is 3.48. The zero-order valence-electron chi connectivity index (χ0n) is 13.6. The van der Waals surface area contributed by atoms with Crippen LogP contribution in [0.15, 0.2) is 0 Å². The van der Waals surface area contributed by atoms with E-state index in [9.17, 15) is 0 Å². The van der Waals surface area contributed by atoms with Crippen LogP contribution in [0.4, 0.5) is 0 Å². The molecule has 2 aliphatic rings. The number of likely N-dealkylation sites (tertiary alicyclic amines) is 1. The van der Waals surface area contributed by atoms with E-state index in [4.69, 9.17) is 0 Å². The predicted molar refractivity (Wildman–Crippen MR) is 83.5 cm³/mol. The van der Waals surface area contributed by atoms with Crippen molar-refractivity contribution in [2.45, 2.75) is 52.4 Å². The standard InChI is InChI=1S/C17H34N2/c1-15-13-19(12-8-11-18(3)4)14-16(2)17(15)9-6-5-7-10-17/h15-16H,5-14H2,1-4H3. The Labute approximate surface area is 120 Å². The summed E-state index contributed by atoms with van der Waals surface area (Å²) < 4.78 is 0. The van der Waals surface area contributed by atoms with Gasteiger partial charge in [0.15, 0.2) is 0 Å². The van der Waals surface area contributed by atoms with Crippen molar-refractivity contribution in [1.29, 1.82) is 0 Å². The van der Waals surface area contributed by atoms with Gasteiger partial charge in [-0.05, 0) is 63.7 Å². The lowest BCUT2D eigenvalue weighted by atomic mass is 9.58. The molecule has 1 saturated carbocycles. The Bertz CT molecular complexity index is 254. The maximum Gasteiger partial charge on any atom is 0.00126 e. The van der Waals surface area contributed by atoms with Crippen molar-refractivity contribution < 1.29 is 0 Å². The van der Waals surface area contributed by atoms with E-state index in [2.05, 4.69) is 37.7 Å². The van der Waals surface area contributed by atoms with Gasteiger partial charge in [0.05, 0.1) is 0 Å². The summed E-state index contributed by atoms with van der Waals surface area (Å²) in [7, 11) is 4.36. The molecular weight excluding hydrogens is 232 g/mol. The summed E-state index contributed by atoms with van der Waals surface area (Å²) >= 11 is 0. The fraction of sp³-hybridized carbons (Fsp3) is 1.00. The zero-order chi connectivity index (χ0) is 13.9. The molecule has 1 spiro atoms. The summed E-state index contributed by atoms with van der Waals surface area (Å²) in [5.74, 6) is 1.80. The maximum absolute atomic E-state index is 2.73. The van der Waals surface area contributed by atoms with Gasteiger partial charge in [0.25, 0.3) is 0 Å². The van der Waals surface area contributed by atoms with Crippen LogP contribution in [0.25, 0.3) is 0 Å². The molecule has 0 amide bonds. The molecule has 2 unspecified atom stereocenters. The molecule has 0 aromatic carbocycles. The van der Waals surface area contributed by atoms with Gasteiger partial charge in [-0.1, -0.05) is 33.1 Å². The maximum atomic E-state index is 2.73. The number of hydrogen-bond acceptors (Lipinski definition) is 2. The summed E-state index contributed by atoms with van der Waals surface area (Å²) in [4.78, 5) is 5.04. The SMILES string of the molecule is CC1CN(CCCN(C)C)CC(C)C12CCCCC2. The third-order valence-electron chi connectivity index (χ3n) is 5.89. The summed E-state index contributed by atoms with van der Waals surface area (Å²) in [6.07, 6.45) is 8.76. The molecule has 2 fully saturated rings. The average Bonchev–Trinajstić information content (AvgIpc) is 2.37. The van der Waals surface area contributed by atoms with Crippen molar-refractivity contribution in [3.05, 3.63) is 0 Å². The van der Waals surface area contributed by atoms with E-state index in [1.165, 1.54) is 64.7 Å². The Morgan fingerprint density at radius 3 is 2.11 bits per heavy atom. The monoisotopic (exact) mass is 266 g/mol. The van der Waals surface area contributed by atoms with Gasteiger partial charge in [0, 0.05) is 13.1 Å². The fourth-order valence-electron chi connectivity index (χ4n) is 4.69. The van der Waals surface area contributed by atoms with E-state index >= 15 is 0 Å². The van der Waals surface area contributed by atoms with E-state index in [0.717, 1.165) is 11.8 Å². The lowest BCUT2D eigenvalue weighted by Gasteiger charge is -2.53. The second-order valence-corrected chi connectivity index (χ2v) is 7.51. The number of piperidine rings is 1. The number of rotatable bonds is 4. The Kier molecular flexibility index (Phi) is 5.30. The van der Waals surface area contributed by atoms with Crippen molar-refractivity contribution in [3.8, 4) is 0 Å². The highest BCUT2D eigenvalue weighted by Gasteiger charge is 2.45. The van der Waals surface area contributed by atoms with Gasteiger partial charge in [0.2, 0.25) is 0 Å². The highest BCUT2D eigenvalue weighted by atomic mass is 15.1. The molecule has 2 atom stereocenters. The van der Waals surface area contributed by atoms with Gasteiger partial charge >= 0.3 is 0 Å². The molecule has 0 radical (unpaired) electrons. The number of hydrogen-bond donors (Lipinski definition) is 0. The highest BCUT2D eigenvalue weighted by molar-refractivity contribution is 4.96. The van der Waals surface area contributed by atoms with Crippen molar-refractivity contribution >= 4 is 0 Å². The summed E-state index contributed by atoms with van der Waals surface area (Å²) in [6, 6.07) is 0. The first-order valence-electron chi connectivity index (χ1n) is 8.41. The molecule has 2 rings (SSSR count). The summed E-state index contributed by atoms with van der Waals surface area (Å²) in [5, 5.41) is 0. The van der Waals surface area contributed by atoms with Crippen molar-refractivity contribution in [1.82, 2.24) is 9.80 Å². The van der Waals surface area contributed by atoms with Crippen LogP contribution in [0.2, 0.25) is 0 Å². The van der Waals surface area contributed by atoms with Crippen LogP contribution >= 0.6 is 0 Å². The van der Waals surface area contributed by atoms with E-state index in [0.29, 0.717) is 5.41 Å². The van der Waals surface area contributed by atoms with Gasteiger partial charge in [-0.25, -0.2) is 0 Å². The Morgan fingerprint density at radius 2 is 1.58 bits per heavy atom. The Morgan fingerprint density at radius 1 is 1.00 bits per heavy atom. The smallest absolute Gasteiger partial charge is 0.00126 e. The zero-order valence-corrected chi connectivity index (χ0v) is 13.6. The lowest BCUT2D eigenvalue weighted by molar-refractivity contribution is -0.0387. The molecule has 19 heavy (non-hydrogen) atoms. The minimum atomic E-state index is 0.691. The van der Waals surface area contributed by atoms with Crippen LogP contribution in [0.1, 0.15) is 52.4 Å². The van der Waals surface area contributed by atoms with Crippen molar-refractivity contribution in [2.24, 2.45) is 17.3 Å². The van der Waals surface area contributed by atoms with Crippen molar-refractivity contribution in [3.63, 3.8) is 0 Å². The molecule has 0 aromatic rings. The van der Waals surface area contributed by atoms with Crippen LogP contribution < -0.4 is 0 Å². The minimum absolute atomic E-state index is 0.691. The van der Waals surface area contributed by atoms with E-state index < -0.39 is 0 Å². The van der Waals surface area contributed by atoms with E-state index in [1.54, 1.807) is 0 Å². The molecule has 1 saturated heterocycles. The van der Waals surface area contributed by atoms with Crippen LogP contribution in [0, 0.1) is 17.3 Å². The largest absolute Gasteiger partial charge is 0.309 e. The highest BCUT2D eigenvalue weighted by Crippen LogP contribution is 2.50. The molecule has 0 aromatic heterocycles. The van der Waals surface area contributed by atoms with E-state index in [-0.39, 0.29) is 0 Å². The molecule has 0 N–H and O–H groups in total. The molecule has 1 heterocycles. The third kappa shape index (κ3) is 3.52. The van der Waals surface area contributed by atoms with Crippen LogP contribution in [0.5, 0.6) is 0 Å². The summed E-state index contributed by atoms with van der Waals surface area (Å²) in [5.41, 5.74) is 0.691. The Balaban J connectivity index is 1.87. The first kappa shape index (κ1) is 15.3. The van der Waals surface area contributed by atoms with Gasteiger partial charge < -0.3 is 9.80 Å². The quantitative estimate of drug-likeness (QED) is 0.769. The van der Waals surface area contributed by atoms with Crippen LogP contribution in [-0.4, -0.2) is 50.1 Å². The molecule has 2 heteroatoms. The minimum Gasteiger partial charge on any atom is -0.309 e. The van der Waals surface area contributed by atoms with E-state index in [1.807, 2.05) is 0 Å². The Hall–Kier alpha value is -0.0800. The second kappa shape index (κ2) is 6.58. The van der Waals surface area contributed by atoms with Crippen LogP contribution in [-0.2, 0) is 0 Å². The second-order valence-electron chi connectivity index (χ2n) is 7.51. The van der Waals surface area contributed by atoms with Crippen molar-refractivity contribution in [2.75, 3.05) is 40.3 Å².